The summed E-state index contributed by atoms with van der Waals surface area (Å²) < 4.78 is 0. The number of aromatic nitrogens is 1. The van der Waals surface area contributed by atoms with Crippen LogP contribution in [0.4, 0.5) is 0 Å². The molecular formula is C19H21N3O2. The van der Waals surface area contributed by atoms with Crippen LogP contribution in [-0.4, -0.2) is 40.2 Å². The number of carbonyl (C=O) groups is 2. The highest BCUT2D eigenvalue weighted by Crippen LogP contribution is 2.15. The zero-order valence-corrected chi connectivity index (χ0v) is 13.8. The molecule has 0 saturated carbocycles. The van der Waals surface area contributed by atoms with Crippen LogP contribution >= 0.6 is 0 Å². The summed E-state index contributed by atoms with van der Waals surface area (Å²) in [6, 6.07) is 11.3. The number of benzene rings is 1. The average molecular weight is 323 g/mol. The molecule has 124 valence electrons. The minimum atomic E-state index is -0.0180. The molecule has 5 nitrogen and oxygen atoms in total. The molecule has 0 N–H and O–H groups in total. The SMILES string of the molecule is CN(Cc1ccncc1)C(=O)c1ccc(CN2CCCC2=O)cc1. The molecule has 0 bridgehead atoms. The first kappa shape index (κ1) is 16.2. The molecule has 0 radical (unpaired) electrons. The van der Waals surface area contributed by atoms with E-state index in [1.165, 1.54) is 0 Å². The second-order valence-corrected chi connectivity index (χ2v) is 6.13. The second kappa shape index (κ2) is 7.25. The topological polar surface area (TPSA) is 53.5 Å². The third-order valence-corrected chi connectivity index (χ3v) is 4.26. The van der Waals surface area contributed by atoms with Crippen LogP contribution in [-0.2, 0) is 17.9 Å². The van der Waals surface area contributed by atoms with Crippen molar-refractivity contribution in [3.8, 4) is 0 Å². The van der Waals surface area contributed by atoms with E-state index in [0.717, 1.165) is 24.1 Å². The van der Waals surface area contributed by atoms with Gasteiger partial charge in [-0.25, -0.2) is 0 Å². The van der Waals surface area contributed by atoms with Gasteiger partial charge in [0.05, 0.1) is 0 Å². The van der Waals surface area contributed by atoms with E-state index in [1.807, 2.05) is 41.3 Å². The lowest BCUT2D eigenvalue weighted by atomic mass is 10.1. The largest absolute Gasteiger partial charge is 0.338 e. The molecule has 2 amide bonds. The van der Waals surface area contributed by atoms with E-state index < -0.39 is 0 Å². The van der Waals surface area contributed by atoms with Gasteiger partial charge in [-0.2, -0.15) is 0 Å². The van der Waals surface area contributed by atoms with Gasteiger partial charge in [0.1, 0.15) is 0 Å². The van der Waals surface area contributed by atoms with Gasteiger partial charge in [0, 0.05) is 51.1 Å². The summed E-state index contributed by atoms with van der Waals surface area (Å²) in [4.78, 5) is 31.7. The van der Waals surface area contributed by atoms with Crippen LogP contribution in [0, 0.1) is 0 Å². The standard InChI is InChI=1S/C19H21N3O2/c1-21(13-16-8-10-20-11-9-16)19(24)17-6-4-15(5-7-17)14-22-12-2-3-18(22)23/h4-11H,2-3,12-14H2,1H3. The van der Waals surface area contributed by atoms with Crippen LogP contribution in [0.5, 0.6) is 0 Å². The number of hydrogen-bond donors (Lipinski definition) is 0. The minimum absolute atomic E-state index is 0.0180. The smallest absolute Gasteiger partial charge is 0.253 e. The van der Waals surface area contributed by atoms with Crippen molar-refractivity contribution >= 4 is 11.8 Å². The van der Waals surface area contributed by atoms with E-state index in [4.69, 9.17) is 0 Å². The molecule has 2 aromatic rings. The van der Waals surface area contributed by atoms with E-state index in [9.17, 15) is 9.59 Å². The summed E-state index contributed by atoms with van der Waals surface area (Å²) in [7, 11) is 1.79. The van der Waals surface area contributed by atoms with E-state index in [-0.39, 0.29) is 11.8 Å². The monoisotopic (exact) mass is 323 g/mol. The van der Waals surface area contributed by atoms with Crippen molar-refractivity contribution in [3.63, 3.8) is 0 Å². The summed E-state index contributed by atoms with van der Waals surface area (Å²) in [5.74, 6) is 0.197. The van der Waals surface area contributed by atoms with E-state index >= 15 is 0 Å². The fourth-order valence-electron chi connectivity index (χ4n) is 2.90. The van der Waals surface area contributed by atoms with Crippen molar-refractivity contribution in [1.29, 1.82) is 0 Å². The van der Waals surface area contributed by atoms with Gasteiger partial charge in [-0.15, -0.1) is 0 Å². The zero-order valence-electron chi connectivity index (χ0n) is 13.8. The lowest BCUT2D eigenvalue weighted by Crippen LogP contribution is -2.26. The van der Waals surface area contributed by atoms with Gasteiger partial charge >= 0.3 is 0 Å². The Hall–Kier alpha value is -2.69. The molecule has 3 rings (SSSR count). The van der Waals surface area contributed by atoms with Crippen LogP contribution in [0.3, 0.4) is 0 Å². The molecule has 2 heterocycles. The van der Waals surface area contributed by atoms with Gasteiger partial charge in [0.25, 0.3) is 5.91 Å². The van der Waals surface area contributed by atoms with Crippen molar-refractivity contribution in [2.75, 3.05) is 13.6 Å². The first-order chi connectivity index (χ1) is 11.6. The van der Waals surface area contributed by atoms with Crippen molar-refractivity contribution < 1.29 is 9.59 Å². The van der Waals surface area contributed by atoms with Gasteiger partial charge in [-0.1, -0.05) is 12.1 Å². The van der Waals surface area contributed by atoms with E-state index in [1.54, 1.807) is 24.3 Å². The molecular weight excluding hydrogens is 302 g/mol. The highest BCUT2D eigenvalue weighted by Gasteiger charge is 2.20. The third kappa shape index (κ3) is 3.79. The Morgan fingerprint density at radius 2 is 1.83 bits per heavy atom. The van der Waals surface area contributed by atoms with Gasteiger partial charge in [-0.3, -0.25) is 14.6 Å². The third-order valence-electron chi connectivity index (χ3n) is 4.26. The lowest BCUT2D eigenvalue weighted by molar-refractivity contribution is -0.128. The summed E-state index contributed by atoms with van der Waals surface area (Å²) in [6.45, 7) is 2.00. The summed E-state index contributed by atoms with van der Waals surface area (Å²) in [5.41, 5.74) is 2.76. The van der Waals surface area contributed by atoms with Gasteiger partial charge in [0.15, 0.2) is 0 Å². The average Bonchev–Trinajstić information content (AvgIpc) is 3.00. The van der Waals surface area contributed by atoms with Crippen LogP contribution in [0.1, 0.15) is 34.3 Å². The molecule has 1 aliphatic rings. The van der Waals surface area contributed by atoms with Gasteiger partial charge in [0.2, 0.25) is 5.91 Å². The zero-order chi connectivity index (χ0) is 16.9. The van der Waals surface area contributed by atoms with E-state index in [0.29, 0.717) is 25.1 Å². The number of pyridine rings is 1. The highest BCUT2D eigenvalue weighted by molar-refractivity contribution is 5.94. The molecule has 1 aromatic heterocycles. The fraction of sp³-hybridized carbons (Fsp3) is 0.316. The first-order valence-corrected chi connectivity index (χ1v) is 8.14. The van der Waals surface area contributed by atoms with Crippen molar-refractivity contribution in [2.45, 2.75) is 25.9 Å². The van der Waals surface area contributed by atoms with Crippen molar-refractivity contribution in [2.24, 2.45) is 0 Å². The molecule has 0 aliphatic carbocycles. The van der Waals surface area contributed by atoms with Crippen LogP contribution in [0.25, 0.3) is 0 Å². The molecule has 0 spiro atoms. The molecule has 1 saturated heterocycles. The second-order valence-electron chi connectivity index (χ2n) is 6.13. The molecule has 24 heavy (non-hydrogen) atoms. The van der Waals surface area contributed by atoms with Crippen LogP contribution < -0.4 is 0 Å². The normalized spacial score (nSPS) is 14.0. The summed E-state index contributed by atoms with van der Waals surface area (Å²) >= 11 is 0. The maximum absolute atomic E-state index is 12.5. The lowest BCUT2D eigenvalue weighted by Gasteiger charge is -2.18. The molecule has 5 heteroatoms. The molecule has 1 aromatic carbocycles. The van der Waals surface area contributed by atoms with E-state index in [2.05, 4.69) is 4.98 Å². The molecule has 1 fully saturated rings. The fourth-order valence-corrected chi connectivity index (χ4v) is 2.90. The Balaban J connectivity index is 1.62. The highest BCUT2D eigenvalue weighted by atomic mass is 16.2. The molecule has 1 aliphatic heterocycles. The predicted molar refractivity (Wildman–Crippen MR) is 91.1 cm³/mol. The van der Waals surface area contributed by atoms with Crippen LogP contribution in [0.2, 0.25) is 0 Å². The Morgan fingerprint density at radius 3 is 2.46 bits per heavy atom. The number of carbonyl (C=O) groups excluding carboxylic acids is 2. The minimum Gasteiger partial charge on any atom is -0.338 e. The first-order valence-electron chi connectivity index (χ1n) is 8.14. The number of likely N-dealkylation sites (tertiary alicyclic amines) is 1. The molecule has 0 atom stereocenters. The molecule has 0 unspecified atom stereocenters. The summed E-state index contributed by atoms with van der Waals surface area (Å²) in [6.07, 6.45) is 5.04. The number of amides is 2. The number of nitrogens with zero attached hydrogens (tertiary/aromatic N) is 3. The predicted octanol–water partition coefficient (Wildman–Crippen LogP) is 2.48. The number of hydrogen-bond acceptors (Lipinski definition) is 3. The quantitative estimate of drug-likeness (QED) is 0.849. The maximum atomic E-state index is 12.5. The summed E-state index contributed by atoms with van der Waals surface area (Å²) in [5, 5.41) is 0. The van der Waals surface area contributed by atoms with Gasteiger partial charge < -0.3 is 9.80 Å². The maximum Gasteiger partial charge on any atom is 0.253 e. The Bertz CT molecular complexity index is 713. The Kier molecular flexibility index (Phi) is 4.89. The Labute approximate surface area is 141 Å². The number of rotatable bonds is 5. The van der Waals surface area contributed by atoms with Crippen molar-refractivity contribution in [1.82, 2.24) is 14.8 Å². The Morgan fingerprint density at radius 1 is 1.12 bits per heavy atom. The van der Waals surface area contributed by atoms with Crippen LogP contribution in [0.15, 0.2) is 48.8 Å². The van der Waals surface area contributed by atoms with Crippen molar-refractivity contribution in [3.05, 3.63) is 65.5 Å². The van der Waals surface area contributed by atoms with Gasteiger partial charge in [-0.05, 0) is 41.8 Å².